The minimum atomic E-state index is -0.467. The molecule has 1 saturated heterocycles. The van der Waals surface area contributed by atoms with Gasteiger partial charge in [0.2, 0.25) is 0 Å². The third-order valence-electron chi connectivity index (χ3n) is 4.68. The predicted molar refractivity (Wildman–Crippen MR) is 93.2 cm³/mol. The van der Waals surface area contributed by atoms with Crippen molar-refractivity contribution in [1.29, 1.82) is 0 Å². The van der Waals surface area contributed by atoms with Crippen LogP contribution < -0.4 is 10.2 Å². The Kier molecular flexibility index (Phi) is 4.92. The molecule has 0 aromatic carbocycles. The topological polar surface area (TPSA) is 67.3 Å². The Morgan fingerprint density at radius 2 is 2.00 bits per heavy atom. The van der Waals surface area contributed by atoms with E-state index < -0.39 is 5.60 Å². The highest BCUT2D eigenvalue weighted by Crippen LogP contribution is 2.34. The van der Waals surface area contributed by atoms with Gasteiger partial charge in [0.25, 0.3) is 0 Å². The third-order valence-corrected chi connectivity index (χ3v) is 4.68. The summed E-state index contributed by atoms with van der Waals surface area (Å²) >= 11 is 0. The highest BCUT2D eigenvalue weighted by atomic mass is 16.6. The molecule has 1 unspecified atom stereocenters. The van der Waals surface area contributed by atoms with Gasteiger partial charge in [0.1, 0.15) is 17.7 Å². The molecule has 1 amide bonds. The van der Waals surface area contributed by atoms with E-state index in [2.05, 4.69) is 26.3 Å². The molecule has 24 heavy (non-hydrogen) atoms. The number of hydrogen-bond donors (Lipinski definition) is 1. The number of aromatic nitrogens is 2. The number of hydrogen-bond acceptors (Lipinski definition) is 5. The summed E-state index contributed by atoms with van der Waals surface area (Å²) in [5.74, 6) is 1.56. The summed E-state index contributed by atoms with van der Waals surface area (Å²) in [7, 11) is 0. The number of rotatable bonds is 3. The summed E-state index contributed by atoms with van der Waals surface area (Å²) in [6.45, 7) is 7.28. The van der Waals surface area contributed by atoms with Crippen molar-refractivity contribution in [1.82, 2.24) is 15.3 Å². The van der Waals surface area contributed by atoms with Gasteiger partial charge in [0.05, 0.1) is 6.04 Å². The second-order valence-corrected chi connectivity index (χ2v) is 7.86. The van der Waals surface area contributed by atoms with Crippen molar-refractivity contribution in [2.45, 2.75) is 70.4 Å². The number of ether oxygens (including phenoxy) is 1. The number of carbonyl (C=O) groups excluding carboxylic acids is 1. The molecule has 2 aliphatic rings. The third kappa shape index (κ3) is 4.36. The van der Waals surface area contributed by atoms with Gasteiger partial charge < -0.3 is 15.0 Å². The average molecular weight is 332 g/mol. The van der Waals surface area contributed by atoms with Crippen molar-refractivity contribution in [2.75, 3.05) is 18.0 Å². The van der Waals surface area contributed by atoms with Crippen molar-refractivity contribution < 1.29 is 9.53 Å². The minimum absolute atomic E-state index is 0.102. The van der Waals surface area contributed by atoms with Crippen LogP contribution in [0.15, 0.2) is 12.4 Å². The number of amides is 1. The fourth-order valence-electron chi connectivity index (χ4n) is 3.54. The van der Waals surface area contributed by atoms with Crippen molar-refractivity contribution in [2.24, 2.45) is 0 Å². The molecule has 0 radical (unpaired) electrons. The van der Waals surface area contributed by atoms with Gasteiger partial charge in [0.15, 0.2) is 0 Å². The lowest BCUT2D eigenvalue weighted by Gasteiger charge is -2.22. The van der Waals surface area contributed by atoms with Gasteiger partial charge in [-0.1, -0.05) is 12.8 Å². The van der Waals surface area contributed by atoms with E-state index in [0.29, 0.717) is 5.92 Å². The standard InChI is InChI=1S/C18H28N4O2/c1-18(2,3)24-17(23)21-14-8-9-22(11-14)16-10-15(19-12-20-16)13-6-4-5-7-13/h10,12-14H,4-9,11H2,1-3H3,(H,21,23). The van der Waals surface area contributed by atoms with Crippen LogP contribution in [0, 0.1) is 0 Å². The van der Waals surface area contributed by atoms with Crippen LogP contribution in [0.3, 0.4) is 0 Å². The van der Waals surface area contributed by atoms with E-state index in [4.69, 9.17) is 4.74 Å². The van der Waals surface area contributed by atoms with Gasteiger partial charge in [-0.3, -0.25) is 0 Å². The Morgan fingerprint density at radius 3 is 2.71 bits per heavy atom. The molecule has 1 aromatic heterocycles. The molecule has 1 saturated carbocycles. The van der Waals surface area contributed by atoms with Crippen LogP contribution >= 0.6 is 0 Å². The molecular weight excluding hydrogens is 304 g/mol. The van der Waals surface area contributed by atoms with E-state index in [9.17, 15) is 4.79 Å². The first-order chi connectivity index (χ1) is 11.4. The maximum atomic E-state index is 11.9. The van der Waals surface area contributed by atoms with E-state index in [1.54, 1.807) is 6.33 Å². The normalized spacial score (nSPS) is 22.0. The largest absolute Gasteiger partial charge is 0.444 e. The van der Waals surface area contributed by atoms with Crippen molar-refractivity contribution >= 4 is 11.9 Å². The number of carbonyl (C=O) groups is 1. The van der Waals surface area contributed by atoms with E-state index in [1.807, 2.05) is 20.8 Å². The summed E-state index contributed by atoms with van der Waals surface area (Å²) in [4.78, 5) is 23.0. The predicted octanol–water partition coefficient (Wildman–Crippen LogP) is 3.24. The van der Waals surface area contributed by atoms with Crippen molar-refractivity contribution in [3.05, 3.63) is 18.1 Å². The number of nitrogens with one attached hydrogen (secondary N) is 1. The highest BCUT2D eigenvalue weighted by molar-refractivity contribution is 5.68. The minimum Gasteiger partial charge on any atom is -0.444 e. The summed E-state index contributed by atoms with van der Waals surface area (Å²) in [6, 6.07) is 2.23. The van der Waals surface area contributed by atoms with Gasteiger partial charge >= 0.3 is 6.09 Å². The van der Waals surface area contributed by atoms with Gasteiger partial charge in [-0.05, 0) is 40.0 Å². The van der Waals surface area contributed by atoms with Gasteiger partial charge in [-0.25, -0.2) is 14.8 Å². The maximum Gasteiger partial charge on any atom is 0.407 e. The fraction of sp³-hybridized carbons (Fsp3) is 0.722. The Morgan fingerprint density at radius 1 is 1.25 bits per heavy atom. The van der Waals surface area contributed by atoms with Crippen LogP contribution in [-0.4, -0.2) is 40.8 Å². The van der Waals surface area contributed by atoms with Crippen LogP contribution in [0.4, 0.5) is 10.6 Å². The lowest BCUT2D eigenvalue weighted by molar-refractivity contribution is 0.0509. The fourth-order valence-corrected chi connectivity index (χ4v) is 3.54. The zero-order chi connectivity index (χ0) is 17.2. The second-order valence-electron chi connectivity index (χ2n) is 7.86. The molecular formula is C18H28N4O2. The van der Waals surface area contributed by atoms with Gasteiger partial charge in [-0.2, -0.15) is 0 Å². The van der Waals surface area contributed by atoms with Gasteiger partial charge in [-0.15, -0.1) is 0 Å². The molecule has 1 aromatic rings. The van der Waals surface area contributed by atoms with E-state index in [0.717, 1.165) is 25.3 Å². The Hall–Kier alpha value is -1.85. The molecule has 2 fully saturated rings. The summed E-state index contributed by atoms with van der Waals surface area (Å²) in [5, 5.41) is 2.96. The zero-order valence-corrected chi connectivity index (χ0v) is 14.9. The Balaban J connectivity index is 1.57. The van der Waals surface area contributed by atoms with Crippen LogP contribution in [0.1, 0.15) is 64.5 Å². The SMILES string of the molecule is CC(C)(C)OC(=O)NC1CCN(c2cc(C3CCCC3)ncn2)C1. The zero-order valence-electron chi connectivity index (χ0n) is 14.9. The monoisotopic (exact) mass is 332 g/mol. The van der Waals surface area contributed by atoms with Crippen molar-refractivity contribution in [3.63, 3.8) is 0 Å². The highest BCUT2D eigenvalue weighted by Gasteiger charge is 2.27. The summed E-state index contributed by atoms with van der Waals surface area (Å²) in [5.41, 5.74) is 0.701. The van der Waals surface area contributed by atoms with Gasteiger partial charge in [0, 0.05) is 30.8 Å². The number of anilines is 1. The van der Waals surface area contributed by atoms with E-state index >= 15 is 0 Å². The lowest BCUT2D eigenvalue weighted by Crippen LogP contribution is -2.40. The number of alkyl carbamates (subject to hydrolysis) is 1. The number of nitrogens with zero attached hydrogens (tertiary/aromatic N) is 3. The maximum absolute atomic E-state index is 11.9. The summed E-state index contributed by atoms with van der Waals surface area (Å²) < 4.78 is 5.33. The van der Waals surface area contributed by atoms with Crippen LogP contribution in [0.25, 0.3) is 0 Å². The molecule has 0 spiro atoms. The molecule has 1 N–H and O–H groups in total. The molecule has 1 aliphatic heterocycles. The molecule has 132 valence electrons. The summed E-state index contributed by atoms with van der Waals surface area (Å²) in [6.07, 6.45) is 7.31. The Bertz CT molecular complexity index is 579. The first kappa shape index (κ1) is 17.0. The molecule has 6 nitrogen and oxygen atoms in total. The first-order valence-electron chi connectivity index (χ1n) is 8.97. The molecule has 3 rings (SSSR count). The van der Waals surface area contributed by atoms with Crippen LogP contribution in [0.2, 0.25) is 0 Å². The molecule has 1 atom stereocenters. The van der Waals surface area contributed by atoms with Crippen LogP contribution in [0.5, 0.6) is 0 Å². The smallest absolute Gasteiger partial charge is 0.407 e. The van der Waals surface area contributed by atoms with E-state index in [1.165, 1.54) is 31.4 Å². The second kappa shape index (κ2) is 6.95. The Labute approximate surface area is 144 Å². The first-order valence-corrected chi connectivity index (χ1v) is 8.97. The van der Waals surface area contributed by atoms with Crippen molar-refractivity contribution in [3.8, 4) is 0 Å². The lowest BCUT2D eigenvalue weighted by atomic mass is 10.0. The molecule has 2 heterocycles. The van der Waals surface area contributed by atoms with Crippen LogP contribution in [-0.2, 0) is 4.74 Å². The molecule has 0 bridgehead atoms. The van der Waals surface area contributed by atoms with E-state index in [-0.39, 0.29) is 12.1 Å². The quantitative estimate of drug-likeness (QED) is 0.920. The average Bonchev–Trinajstić information content (AvgIpc) is 3.16. The molecule has 6 heteroatoms. The molecule has 1 aliphatic carbocycles.